The molecule has 0 aromatic heterocycles. The van der Waals surface area contributed by atoms with Crippen LogP contribution in [-0.2, 0) is 16.7 Å². The third kappa shape index (κ3) is 4.93. The van der Waals surface area contributed by atoms with E-state index in [1.807, 2.05) is 32.2 Å². The van der Waals surface area contributed by atoms with Gasteiger partial charge in [-0.25, -0.2) is 0 Å². The van der Waals surface area contributed by atoms with Gasteiger partial charge in [0.1, 0.15) is 5.75 Å². The third-order valence-corrected chi connectivity index (χ3v) is 6.25. The van der Waals surface area contributed by atoms with Crippen molar-refractivity contribution in [2.75, 3.05) is 47.3 Å². The lowest BCUT2D eigenvalue weighted by Gasteiger charge is -2.39. The van der Waals surface area contributed by atoms with Crippen LogP contribution in [-0.4, -0.2) is 58.1 Å². The zero-order valence-electron chi connectivity index (χ0n) is 19.2. The predicted molar refractivity (Wildman–Crippen MR) is 125 cm³/mol. The maximum Gasteiger partial charge on any atom is 0.231 e. The maximum atomic E-state index is 5.69. The standard InChI is InChI=1S/C25H33N3O4/c1-4-30-21-8-5-19(6-9-21)16-28(3)24(26-2)27-17-25(11-13-29-14-12-25)20-7-10-22-23(15-20)32-18-31-22/h5-10,15H,4,11-14,16-18H2,1-3H3,(H,26,27). The molecule has 0 saturated carbocycles. The Kier molecular flexibility index (Phi) is 7.05. The van der Waals surface area contributed by atoms with Gasteiger partial charge in [0.15, 0.2) is 17.5 Å². The van der Waals surface area contributed by atoms with Gasteiger partial charge in [-0.05, 0) is 55.2 Å². The smallest absolute Gasteiger partial charge is 0.231 e. The van der Waals surface area contributed by atoms with Crippen molar-refractivity contribution >= 4 is 5.96 Å². The van der Waals surface area contributed by atoms with Crippen molar-refractivity contribution in [2.45, 2.75) is 31.7 Å². The van der Waals surface area contributed by atoms with Gasteiger partial charge in [0.25, 0.3) is 0 Å². The Balaban J connectivity index is 1.44. The fourth-order valence-electron chi connectivity index (χ4n) is 4.40. The van der Waals surface area contributed by atoms with Gasteiger partial charge in [0.05, 0.1) is 6.61 Å². The van der Waals surface area contributed by atoms with E-state index in [4.69, 9.17) is 18.9 Å². The quantitative estimate of drug-likeness (QED) is 0.526. The van der Waals surface area contributed by atoms with E-state index in [9.17, 15) is 0 Å². The van der Waals surface area contributed by atoms with Gasteiger partial charge in [-0.2, -0.15) is 0 Å². The number of guanidine groups is 1. The number of aliphatic imine (C=N–C) groups is 1. The summed E-state index contributed by atoms with van der Waals surface area (Å²) in [7, 11) is 3.89. The fraction of sp³-hybridized carbons (Fsp3) is 0.480. The van der Waals surface area contributed by atoms with Crippen molar-refractivity contribution < 1.29 is 18.9 Å². The summed E-state index contributed by atoms with van der Waals surface area (Å²) in [5.74, 6) is 3.40. The number of fused-ring (bicyclic) bond motifs is 1. The molecule has 32 heavy (non-hydrogen) atoms. The lowest BCUT2D eigenvalue weighted by atomic mass is 9.74. The summed E-state index contributed by atoms with van der Waals surface area (Å²) in [6.45, 7) is 5.98. The van der Waals surface area contributed by atoms with Crippen LogP contribution in [0, 0.1) is 0 Å². The van der Waals surface area contributed by atoms with E-state index in [-0.39, 0.29) is 12.2 Å². The second-order valence-electron chi connectivity index (χ2n) is 8.29. The summed E-state index contributed by atoms with van der Waals surface area (Å²) in [4.78, 5) is 6.67. The molecule has 0 bridgehead atoms. The lowest BCUT2D eigenvalue weighted by molar-refractivity contribution is 0.0511. The molecule has 4 rings (SSSR count). The Bertz CT molecular complexity index is 923. The summed E-state index contributed by atoms with van der Waals surface area (Å²) in [5.41, 5.74) is 2.41. The van der Waals surface area contributed by atoms with Gasteiger partial charge in [0, 0.05) is 45.8 Å². The van der Waals surface area contributed by atoms with Crippen LogP contribution in [0.3, 0.4) is 0 Å². The molecule has 2 aromatic rings. The molecule has 2 heterocycles. The van der Waals surface area contributed by atoms with Gasteiger partial charge in [-0.1, -0.05) is 18.2 Å². The molecular weight excluding hydrogens is 406 g/mol. The number of rotatable bonds is 7. The number of hydrogen-bond acceptors (Lipinski definition) is 5. The molecule has 2 aliphatic heterocycles. The lowest BCUT2D eigenvalue weighted by Crippen LogP contribution is -2.48. The zero-order valence-corrected chi connectivity index (χ0v) is 19.2. The van der Waals surface area contributed by atoms with E-state index in [0.717, 1.165) is 62.4 Å². The number of nitrogens with zero attached hydrogens (tertiary/aromatic N) is 2. The van der Waals surface area contributed by atoms with E-state index in [1.165, 1.54) is 11.1 Å². The van der Waals surface area contributed by atoms with E-state index in [1.54, 1.807) is 0 Å². The van der Waals surface area contributed by atoms with Crippen LogP contribution in [0.15, 0.2) is 47.5 Å². The second kappa shape index (κ2) is 10.1. The Morgan fingerprint density at radius 1 is 1.09 bits per heavy atom. The molecule has 1 saturated heterocycles. The van der Waals surface area contributed by atoms with Crippen molar-refractivity contribution in [3.8, 4) is 17.2 Å². The van der Waals surface area contributed by atoms with Crippen molar-refractivity contribution in [3.05, 3.63) is 53.6 Å². The Morgan fingerprint density at radius 2 is 1.84 bits per heavy atom. The van der Waals surface area contributed by atoms with Crippen LogP contribution in [0.1, 0.15) is 30.9 Å². The molecular formula is C25H33N3O4. The number of benzene rings is 2. The van der Waals surface area contributed by atoms with E-state index < -0.39 is 0 Å². The van der Waals surface area contributed by atoms with E-state index in [2.05, 4.69) is 46.5 Å². The molecule has 2 aromatic carbocycles. The molecule has 1 N–H and O–H groups in total. The highest BCUT2D eigenvalue weighted by molar-refractivity contribution is 5.79. The summed E-state index contributed by atoms with van der Waals surface area (Å²) >= 11 is 0. The minimum absolute atomic E-state index is 0.0465. The second-order valence-corrected chi connectivity index (χ2v) is 8.29. The molecule has 0 radical (unpaired) electrons. The maximum absolute atomic E-state index is 5.69. The molecule has 0 atom stereocenters. The van der Waals surface area contributed by atoms with Crippen LogP contribution in [0.2, 0.25) is 0 Å². The Labute approximate surface area is 190 Å². The van der Waals surface area contributed by atoms with Gasteiger partial charge in [0.2, 0.25) is 6.79 Å². The average molecular weight is 440 g/mol. The monoisotopic (exact) mass is 439 g/mol. The van der Waals surface area contributed by atoms with Crippen molar-refractivity contribution in [1.29, 1.82) is 0 Å². The van der Waals surface area contributed by atoms with Gasteiger partial charge in [-0.15, -0.1) is 0 Å². The largest absolute Gasteiger partial charge is 0.494 e. The molecule has 0 aliphatic carbocycles. The van der Waals surface area contributed by atoms with Gasteiger partial charge < -0.3 is 29.2 Å². The SMILES string of the molecule is CCOc1ccc(CN(C)C(=NC)NCC2(c3ccc4c(c3)OCO4)CCOCC2)cc1. The number of ether oxygens (including phenoxy) is 4. The first-order valence-corrected chi connectivity index (χ1v) is 11.2. The molecule has 2 aliphatic rings. The average Bonchev–Trinajstić information content (AvgIpc) is 3.30. The first kappa shape index (κ1) is 22.3. The third-order valence-electron chi connectivity index (χ3n) is 6.25. The highest BCUT2D eigenvalue weighted by Gasteiger charge is 2.36. The normalized spacial score (nSPS) is 17.2. The molecule has 172 valence electrons. The van der Waals surface area contributed by atoms with Crippen LogP contribution in [0.4, 0.5) is 0 Å². The minimum Gasteiger partial charge on any atom is -0.494 e. The van der Waals surface area contributed by atoms with Crippen molar-refractivity contribution in [2.24, 2.45) is 4.99 Å². The number of nitrogens with one attached hydrogen (secondary N) is 1. The van der Waals surface area contributed by atoms with Gasteiger partial charge >= 0.3 is 0 Å². The highest BCUT2D eigenvalue weighted by atomic mass is 16.7. The van der Waals surface area contributed by atoms with E-state index in [0.29, 0.717) is 6.61 Å². The summed E-state index contributed by atoms with van der Waals surface area (Å²) < 4.78 is 22.4. The molecule has 0 unspecified atom stereocenters. The summed E-state index contributed by atoms with van der Waals surface area (Å²) in [6, 6.07) is 14.5. The molecule has 0 spiro atoms. The number of hydrogen-bond donors (Lipinski definition) is 1. The highest BCUT2D eigenvalue weighted by Crippen LogP contribution is 2.40. The van der Waals surface area contributed by atoms with Crippen LogP contribution >= 0.6 is 0 Å². The Morgan fingerprint density at radius 3 is 2.56 bits per heavy atom. The van der Waals surface area contributed by atoms with Crippen molar-refractivity contribution in [3.63, 3.8) is 0 Å². The van der Waals surface area contributed by atoms with E-state index >= 15 is 0 Å². The van der Waals surface area contributed by atoms with Crippen molar-refractivity contribution in [1.82, 2.24) is 10.2 Å². The Hall–Kier alpha value is -2.93. The molecule has 0 amide bonds. The summed E-state index contributed by atoms with van der Waals surface area (Å²) in [5, 5.41) is 3.62. The first-order chi connectivity index (χ1) is 15.6. The minimum atomic E-state index is -0.0465. The first-order valence-electron chi connectivity index (χ1n) is 11.2. The summed E-state index contributed by atoms with van der Waals surface area (Å²) in [6.07, 6.45) is 1.89. The molecule has 7 nitrogen and oxygen atoms in total. The zero-order chi connectivity index (χ0) is 22.4. The fourth-order valence-corrected chi connectivity index (χ4v) is 4.40. The van der Waals surface area contributed by atoms with Crippen LogP contribution in [0.5, 0.6) is 17.2 Å². The molecule has 7 heteroatoms. The predicted octanol–water partition coefficient (Wildman–Crippen LogP) is 3.57. The van der Waals surface area contributed by atoms with Crippen LogP contribution < -0.4 is 19.5 Å². The van der Waals surface area contributed by atoms with Crippen LogP contribution in [0.25, 0.3) is 0 Å². The van der Waals surface area contributed by atoms with Gasteiger partial charge in [-0.3, -0.25) is 4.99 Å². The topological polar surface area (TPSA) is 64.6 Å². The molecule has 1 fully saturated rings.